The van der Waals surface area contributed by atoms with E-state index in [0.29, 0.717) is 47.0 Å². The van der Waals surface area contributed by atoms with Crippen LogP contribution in [0.15, 0.2) is 48.9 Å². The first-order chi connectivity index (χ1) is 18.4. The third kappa shape index (κ3) is 5.16. The van der Waals surface area contributed by atoms with Crippen LogP contribution in [0, 0.1) is 11.6 Å². The molecule has 0 bridgehead atoms. The summed E-state index contributed by atoms with van der Waals surface area (Å²) in [6.45, 7) is 2.79. The minimum absolute atomic E-state index is 0.0236. The van der Waals surface area contributed by atoms with Crippen molar-refractivity contribution in [3.63, 3.8) is 0 Å². The van der Waals surface area contributed by atoms with Crippen LogP contribution in [-0.2, 0) is 6.54 Å². The van der Waals surface area contributed by atoms with Crippen LogP contribution < -0.4 is 5.32 Å². The van der Waals surface area contributed by atoms with Crippen molar-refractivity contribution in [1.82, 2.24) is 30.0 Å². The second kappa shape index (κ2) is 10.3. The number of nitrogens with zero attached hydrogens (tertiary/aromatic N) is 5. The van der Waals surface area contributed by atoms with E-state index in [9.17, 15) is 9.11 Å². The summed E-state index contributed by atoms with van der Waals surface area (Å²) in [5.41, 5.74) is 3.65. The van der Waals surface area contributed by atoms with Gasteiger partial charge in [0.2, 0.25) is 0 Å². The molecule has 4 aromatic rings. The number of fused-ring (bicyclic) bond motifs is 1. The monoisotopic (exact) mass is 540 g/mol. The Labute approximate surface area is 221 Å². The molecule has 0 unspecified atom stereocenters. The maximum absolute atomic E-state index is 15.2. The SMILES string of the molecule is OS1(O)CCN(Cc2c(F)cc(-c3cccc4ncc(-c5cnn(C6CCNCC6)c5)nc34)cc2F)CC1. The number of hydrogen-bond acceptors (Lipinski definition) is 7. The van der Waals surface area contributed by atoms with Crippen molar-refractivity contribution < 1.29 is 17.9 Å². The van der Waals surface area contributed by atoms with E-state index in [-0.39, 0.29) is 23.6 Å². The maximum atomic E-state index is 15.2. The van der Waals surface area contributed by atoms with Gasteiger partial charge in [0.05, 0.1) is 46.7 Å². The average Bonchev–Trinajstić information content (AvgIpc) is 3.42. The van der Waals surface area contributed by atoms with Crippen LogP contribution >= 0.6 is 10.6 Å². The van der Waals surface area contributed by atoms with Gasteiger partial charge in [-0.05, 0) is 49.7 Å². The summed E-state index contributed by atoms with van der Waals surface area (Å²) in [4.78, 5) is 11.3. The molecule has 4 heterocycles. The van der Waals surface area contributed by atoms with Crippen molar-refractivity contribution in [3.8, 4) is 22.4 Å². The largest absolute Gasteiger partial charge is 0.317 e. The lowest BCUT2D eigenvalue weighted by Gasteiger charge is -2.41. The number of para-hydroxylation sites is 1. The Morgan fingerprint density at radius 1 is 1.00 bits per heavy atom. The number of hydrogen-bond donors (Lipinski definition) is 3. The van der Waals surface area contributed by atoms with E-state index < -0.39 is 22.2 Å². The minimum Gasteiger partial charge on any atom is -0.317 e. The van der Waals surface area contributed by atoms with Crippen molar-refractivity contribution in [2.75, 3.05) is 37.7 Å². The average molecular weight is 541 g/mol. The smallest absolute Gasteiger partial charge is 0.131 e. The fraction of sp³-hybridized carbons (Fsp3) is 0.370. The summed E-state index contributed by atoms with van der Waals surface area (Å²) in [5.74, 6) is -0.826. The molecule has 11 heteroatoms. The summed E-state index contributed by atoms with van der Waals surface area (Å²) in [6.07, 6.45) is 7.51. The number of piperidine rings is 1. The molecule has 2 saturated heterocycles. The van der Waals surface area contributed by atoms with Crippen LogP contribution in [0.1, 0.15) is 24.4 Å². The van der Waals surface area contributed by atoms with Gasteiger partial charge in [0, 0.05) is 42.5 Å². The first-order valence-electron chi connectivity index (χ1n) is 12.8. The van der Waals surface area contributed by atoms with Gasteiger partial charge in [-0.2, -0.15) is 15.7 Å². The van der Waals surface area contributed by atoms with E-state index >= 15 is 8.78 Å². The van der Waals surface area contributed by atoms with Gasteiger partial charge in [-0.1, -0.05) is 12.1 Å². The Hall–Kier alpha value is -2.96. The fourth-order valence-corrected chi connectivity index (χ4v) is 6.51. The summed E-state index contributed by atoms with van der Waals surface area (Å²) in [7, 11) is -2.57. The van der Waals surface area contributed by atoms with Gasteiger partial charge in [0.1, 0.15) is 11.6 Å². The first-order valence-corrected chi connectivity index (χ1v) is 14.7. The third-order valence-corrected chi connectivity index (χ3v) is 9.13. The van der Waals surface area contributed by atoms with Crippen LogP contribution in [0.25, 0.3) is 33.4 Å². The van der Waals surface area contributed by atoms with Crippen LogP contribution in [0.5, 0.6) is 0 Å². The Morgan fingerprint density at radius 3 is 2.47 bits per heavy atom. The van der Waals surface area contributed by atoms with E-state index in [0.717, 1.165) is 31.5 Å². The summed E-state index contributed by atoms with van der Waals surface area (Å²) in [5, 5.41) is 7.92. The highest BCUT2D eigenvalue weighted by molar-refractivity contribution is 8.24. The van der Waals surface area contributed by atoms with Crippen molar-refractivity contribution in [3.05, 3.63) is 66.1 Å². The second-order valence-corrected chi connectivity index (χ2v) is 12.4. The lowest BCUT2D eigenvalue weighted by molar-refractivity contribution is 0.270. The molecular formula is C27H30F2N6O2S. The molecule has 0 spiro atoms. The van der Waals surface area contributed by atoms with Gasteiger partial charge in [-0.25, -0.2) is 13.8 Å². The predicted molar refractivity (Wildman–Crippen MR) is 145 cm³/mol. The van der Waals surface area contributed by atoms with Gasteiger partial charge in [-0.15, -0.1) is 0 Å². The number of nitrogens with one attached hydrogen (secondary N) is 1. The lowest BCUT2D eigenvalue weighted by Crippen LogP contribution is -2.38. The molecule has 0 atom stereocenters. The van der Waals surface area contributed by atoms with Crippen LogP contribution in [0.3, 0.4) is 0 Å². The molecule has 200 valence electrons. The number of benzene rings is 2. The molecular weight excluding hydrogens is 510 g/mol. The first kappa shape index (κ1) is 25.3. The molecule has 0 amide bonds. The molecule has 2 fully saturated rings. The number of halogens is 2. The normalized spacial score (nSPS) is 19.6. The summed E-state index contributed by atoms with van der Waals surface area (Å²) >= 11 is 0. The third-order valence-electron chi connectivity index (χ3n) is 7.46. The van der Waals surface area contributed by atoms with E-state index in [1.807, 2.05) is 21.8 Å². The standard InChI is InChI=1S/C27H30F2N6O2S/c28-23-12-18(13-24(29)22(23)17-34-8-10-38(36,37)11-9-34)21-2-1-3-25-27(21)33-26(15-31-25)19-14-32-35(16-19)20-4-6-30-7-5-20/h1-3,12-16,20,30,36-37H,4-11,17H2. The molecule has 6 rings (SSSR count). The molecule has 0 aliphatic carbocycles. The summed E-state index contributed by atoms with van der Waals surface area (Å²) < 4.78 is 52.1. The highest BCUT2D eigenvalue weighted by Crippen LogP contribution is 2.41. The van der Waals surface area contributed by atoms with Gasteiger partial charge in [0.25, 0.3) is 0 Å². The molecule has 2 aliphatic rings. The van der Waals surface area contributed by atoms with E-state index in [1.165, 1.54) is 12.1 Å². The highest BCUT2D eigenvalue weighted by Gasteiger charge is 2.24. The molecule has 2 aromatic heterocycles. The van der Waals surface area contributed by atoms with Gasteiger partial charge in [0.15, 0.2) is 0 Å². The molecule has 2 aromatic carbocycles. The molecule has 0 radical (unpaired) electrons. The topological polar surface area (TPSA) is 99.3 Å². The van der Waals surface area contributed by atoms with Crippen LogP contribution in [0.2, 0.25) is 0 Å². The Kier molecular flexibility index (Phi) is 6.87. The van der Waals surface area contributed by atoms with Crippen molar-refractivity contribution in [1.29, 1.82) is 0 Å². The number of aromatic nitrogens is 4. The minimum atomic E-state index is -2.57. The van der Waals surface area contributed by atoms with Crippen molar-refractivity contribution >= 4 is 21.6 Å². The molecule has 2 aliphatic heterocycles. The van der Waals surface area contributed by atoms with Crippen LogP contribution in [-0.4, -0.2) is 71.4 Å². The Bertz CT molecular complexity index is 1440. The predicted octanol–water partition coefficient (Wildman–Crippen LogP) is 4.93. The van der Waals surface area contributed by atoms with Gasteiger partial charge >= 0.3 is 0 Å². The molecule has 0 saturated carbocycles. The molecule has 8 nitrogen and oxygen atoms in total. The molecule has 38 heavy (non-hydrogen) atoms. The number of rotatable bonds is 5. The summed E-state index contributed by atoms with van der Waals surface area (Å²) in [6, 6.07) is 8.46. The van der Waals surface area contributed by atoms with Gasteiger partial charge in [-0.3, -0.25) is 23.7 Å². The van der Waals surface area contributed by atoms with Crippen molar-refractivity contribution in [2.45, 2.75) is 25.4 Å². The van der Waals surface area contributed by atoms with Gasteiger partial charge < -0.3 is 5.32 Å². The second-order valence-electron chi connectivity index (χ2n) is 10.0. The lowest BCUT2D eigenvalue weighted by atomic mass is 10.0. The molecule has 3 N–H and O–H groups in total. The Morgan fingerprint density at radius 2 is 1.74 bits per heavy atom. The van der Waals surface area contributed by atoms with Crippen LogP contribution in [0.4, 0.5) is 8.78 Å². The van der Waals surface area contributed by atoms with E-state index in [4.69, 9.17) is 4.98 Å². The Balaban J connectivity index is 1.30. The maximum Gasteiger partial charge on any atom is 0.131 e. The quantitative estimate of drug-likeness (QED) is 0.330. The highest BCUT2D eigenvalue weighted by atomic mass is 32.3. The van der Waals surface area contributed by atoms with E-state index in [1.54, 1.807) is 24.5 Å². The zero-order valence-electron chi connectivity index (χ0n) is 20.9. The van der Waals surface area contributed by atoms with E-state index in [2.05, 4.69) is 15.4 Å². The zero-order chi connectivity index (χ0) is 26.3. The zero-order valence-corrected chi connectivity index (χ0v) is 21.7. The fourth-order valence-electron chi connectivity index (χ4n) is 5.20. The van der Waals surface area contributed by atoms with Crippen molar-refractivity contribution in [2.24, 2.45) is 0 Å².